The van der Waals surface area contributed by atoms with Gasteiger partial charge in [0, 0.05) is 13.7 Å². The summed E-state index contributed by atoms with van der Waals surface area (Å²) >= 11 is 0. The quantitative estimate of drug-likeness (QED) is 0.851. The minimum Gasteiger partial charge on any atom is -0.380 e. The van der Waals surface area contributed by atoms with E-state index in [2.05, 4.69) is 41.5 Å². The van der Waals surface area contributed by atoms with Crippen LogP contribution in [0, 0.1) is 5.92 Å². The maximum absolute atomic E-state index is 5.12. The van der Waals surface area contributed by atoms with Crippen LogP contribution in [0.5, 0.6) is 0 Å². The van der Waals surface area contributed by atoms with E-state index in [9.17, 15) is 0 Å². The first-order chi connectivity index (χ1) is 9.28. The summed E-state index contributed by atoms with van der Waals surface area (Å²) in [7, 11) is 3.95. The largest absolute Gasteiger partial charge is 0.380 e. The minimum absolute atomic E-state index is 0.698. The van der Waals surface area contributed by atoms with Crippen molar-refractivity contribution >= 4 is 0 Å². The Hall–Kier alpha value is -0.900. The van der Waals surface area contributed by atoms with Crippen molar-refractivity contribution in [3.8, 4) is 0 Å². The van der Waals surface area contributed by atoms with Gasteiger partial charge in [-0.25, -0.2) is 0 Å². The van der Waals surface area contributed by atoms with Gasteiger partial charge in [-0.2, -0.15) is 0 Å². The number of benzene rings is 1. The van der Waals surface area contributed by atoms with E-state index in [1.807, 2.05) is 0 Å². The van der Waals surface area contributed by atoms with Gasteiger partial charge < -0.3 is 15.0 Å². The number of rotatable bonds is 6. The number of piperidine rings is 1. The molecule has 1 saturated heterocycles. The van der Waals surface area contributed by atoms with Gasteiger partial charge in [0.25, 0.3) is 0 Å². The van der Waals surface area contributed by atoms with Crippen LogP contribution in [0.3, 0.4) is 0 Å². The lowest BCUT2D eigenvalue weighted by Gasteiger charge is -2.29. The number of hydrogen-bond donors (Lipinski definition) is 1. The Kier molecular flexibility index (Phi) is 5.83. The van der Waals surface area contributed by atoms with Crippen molar-refractivity contribution in [2.24, 2.45) is 5.92 Å². The lowest BCUT2D eigenvalue weighted by atomic mass is 9.97. The average Bonchev–Trinajstić information content (AvgIpc) is 2.43. The Bertz CT molecular complexity index is 356. The van der Waals surface area contributed by atoms with Crippen LogP contribution < -0.4 is 5.32 Å². The van der Waals surface area contributed by atoms with Crippen molar-refractivity contribution in [2.75, 3.05) is 33.8 Å². The van der Waals surface area contributed by atoms with E-state index < -0.39 is 0 Å². The molecule has 1 aliphatic heterocycles. The summed E-state index contributed by atoms with van der Waals surface area (Å²) in [6.07, 6.45) is 2.66. The molecule has 3 nitrogen and oxygen atoms in total. The zero-order valence-electron chi connectivity index (χ0n) is 12.2. The third-order valence-electron chi connectivity index (χ3n) is 3.93. The van der Waals surface area contributed by atoms with Crippen molar-refractivity contribution in [1.29, 1.82) is 0 Å². The van der Waals surface area contributed by atoms with Crippen LogP contribution in [0.25, 0.3) is 0 Å². The second-order valence-corrected chi connectivity index (χ2v) is 5.63. The summed E-state index contributed by atoms with van der Waals surface area (Å²) in [6.45, 7) is 5.31. The van der Waals surface area contributed by atoms with E-state index in [-0.39, 0.29) is 0 Å². The Balaban J connectivity index is 1.67. The van der Waals surface area contributed by atoms with Crippen LogP contribution in [-0.2, 0) is 17.9 Å². The summed E-state index contributed by atoms with van der Waals surface area (Å²) in [5, 5.41) is 3.59. The summed E-state index contributed by atoms with van der Waals surface area (Å²) in [4.78, 5) is 2.42. The first-order valence-corrected chi connectivity index (χ1v) is 7.24. The van der Waals surface area contributed by atoms with E-state index in [0.717, 1.165) is 19.0 Å². The van der Waals surface area contributed by atoms with Gasteiger partial charge >= 0.3 is 0 Å². The molecule has 1 aromatic rings. The maximum Gasteiger partial charge on any atom is 0.0713 e. The van der Waals surface area contributed by atoms with Gasteiger partial charge in [-0.1, -0.05) is 24.3 Å². The summed E-state index contributed by atoms with van der Waals surface area (Å²) < 4.78 is 5.12. The van der Waals surface area contributed by atoms with Crippen molar-refractivity contribution < 1.29 is 4.74 Å². The summed E-state index contributed by atoms with van der Waals surface area (Å²) in [5.41, 5.74) is 2.59. The number of ether oxygens (including phenoxy) is 1. The zero-order chi connectivity index (χ0) is 13.5. The Labute approximate surface area is 116 Å². The van der Waals surface area contributed by atoms with E-state index in [0.29, 0.717) is 6.61 Å². The molecule has 1 aliphatic rings. The molecule has 0 bridgehead atoms. The second kappa shape index (κ2) is 7.63. The molecule has 0 aliphatic carbocycles. The van der Waals surface area contributed by atoms with Crippen molar-refractivity contribution in [1.82, 2.24) is 10.2 Å². The Morgan fingerprint density at radius 3 is 2.42 bits per heavy atom. The van der Waals surface area contributed by atoms with E-state index in [4.69, 9.17) is 4.74 Å². The summed E-state index contributed by atoms with van der Waals surface area (Å²) in [6, 6.07) is 8.68. The Morgan fingerprint density at radius 2 is 1.79 bits per heavy atom. The fraction of sp³-hybridized carbons (Fsp3) is 0.625. The molecule has 0 saturated carbocycles. The van der Waals surface area contributed by atoms with Crippen LogP contribution in [0.2, 0.25) is 0 Å². The molecule has 2 rings (SSSR count). The van der Waals surface area contributed by atoms with E-state index >= 15 is 0 Å². The highest BCUT2D eigenvalue weighted by molar-refractivity contribution is 5.21. The van der Waals surface area contributed by atoms with Crippen LogP contribution >= 0.6 is 0 Å². The molecule has 0 unspecified atom stereocenters. The highest BCUT2D eigenvalue weighted by Gasteiger charge is 2.15. The molecule has 1 heterocycles. The molecule has 19 heavy (non-hydrogen) atoms. The van der Waals surface area contributed by atoms with Gasteiger partial charge in [0.2, 0.25) is 0 Å². The molecule has 3 heteroatoms. The highest BCUT2D eigenvalue weighted by atomic mass is 16.5. The first-order valence-electron chi connectivity index (χ1n) is 7.24. The van der Waals surface area contributed by atoms with Crippen molar-refractivity contribution in [2.45, 2.75) is 26.0 Å². The third kappa shape index (κ3) is 4.94. The SMILES string of the molecule is COCc1ccc(CNCC2CCN(C)CC2)cc1. The molecular weight excluding hydrogens is 236 g/mol. The van der Waals surface area contributed by atoms with E-state index in [1.165, 1.54) is 37.1 Å². The molecule has 0 spiro atoms. The third-order valence-corrected chi connectivity index (χ3v) is 3.93. The fourth-order valence-electron chi connectivity index (χ4n) is 2.61. The average molecular weight is 262 g/mol. The number of likely N-dealkylation sites (tertiary alicyclic amines) is 1. The van der Waals surface area contributed by atoms with Crippen LogP contribution in [0.1, 0.15) is 24.0 Å². The predicted molar refractivity (Wildman–Crippen MR) is 79.1 cm³/mol. The van der Waals surface area contributed by atoms with E-state index in [1.54, 1.807) is 7.11 Å². The van der Waals surface area contributed by atoms with Gasteiger partial charge in [0.15, 0.2) is 0 Å². The number of nitrogens with one attached hydrogen (secondary N) is 1. The minimum atomic E-state index is 0.698. The molecule has 0 amide bonds. The van der Waals surface area contributed by atoms with Crippen molar-refractivity contribution in [3.63, 3.8) is 0 Å². The smallest absolute Gasteiger partial charge is 0.0713 e. The standard InChI is InChI=1S/C16H26N2O/c1-18-9-7-15(8-10-18)12-17-11-14-3-5-16(6-4-14)13-19-2/h3-6,15,17H,7-13H2,1-2H3. The topological polar surface area (TPSA) is 24.5 Å². The van der Waals surface area contributed by atoms with Gasteiger partial charge in [0.05, 0.1) is 6.61 Å². The lowest BCUT2D eigenvalue weighted by Crippen LogP contribution is -2.34. The first kappa shape index (κ1) is 14.5. The van der Waals surface area contributed by atoms with Gasteiger partial charge in [-0.15, -0.1) is 0 Å². The van der Waals surface area contributed by atoms with Gasteiger partial charge in [-0.05, 0) is 56.6 Å². The number of methoxy groups -OCH3 is 1. The normalized spacial score (nSPS) is 17.8. The predicted octanol–water partition coefficient (Wildman–Crippen LogP) is 2.26. The number of nitrogens with zero attached hydrogens (tertiary/aromatic N) is 1. The van der Waals surface area contributed by atoms with Crippen LogP contribution in [-0.4, -0.2) is 38.7 Å². The lowest BCUT2D eigenvalue weighted by molar-refractivity contribution is 0.185. The summed E-state index contributed by atoms with van der Waals surface area (Å²) in [5.74, 6) is 0.851. The van der Waals surface area contributed by atoms with Crippen LogP contribution in [0.15, 0.2) is 24.3 Å². The molecule has 106 valence electrons. The molecular formula is C16H26N2O. The van der Waals surface area contributed by atoms with Crippen LogP contribution in [0.4, 0.5) is 0 Å². The zero-order valence-corrected chi connectivity index (χ0v) is 12.2. The maximum atomic E-state index is 5.12. The Morgan fingerprint density at radius 1 is 1.16 bits per heavy atom. The molecule has 1 aromatic carbocycles. The molecule has 0 aromatic heterocycles. The van der Waals surface area contributed by atoms with Crippen molar-refractivity contribution in [3.05, 3.63) is 35.4 Å². The molecule has 0 radical (unpaired) electrons. The number of hydrogen-bond acceptors (Lipinski definition) is 3. The highest BCUT2D eigenvalue weighted by Crippen LogP contribution is 2.15. The second-order valence-electron chi connectivity index (χ2n) is 5.63. The molecule has 1 fully saturated rings. The van der Waals surface area contributed by atoms with Gasteiger partial charge in [0.1, 0.15) is 0 Å². The molecule has 0 atom stereocenters. The molecule has 1 N–H and O–H groups in total. The fourth-order valence-corrected chi connectivity index (χ4v) is 2.61. The van der Waals surface area contributed by atoms with Gasteiger partial charge in [-0.3, -0.25) is 0 Å². The monoisotopic (exact) mass is 262 g/mol.